The first-order valence-electron chi connectivity index (χ1n) is 9.90. The molecule has 1 saturated heterocycles. The molecule has 1 aliphatic heterocycles. The third-order valence-electron chi connectivity index (χ3n) is 4.58. The van der Waals surface area contributed by atoms with E-state index in [2.05, 4.69) is 25.5 Å². The maximum atomic E-state index is 13.1. The standard InChI is InChI=1S/C22H22FN5O2S/c23-17-8-6-16(7-9-17)15-24-22(31)27-21-25-19(28-10-12-29-13-11-28)14-20(26-21)30-18-4-2-1-3-5-18/h1-9,14H,10-13,15H2,(H2,24,25,26,27,31). The van der Waals surface area contributed by atoms with Crippen molar-refractivity contribution >= 4 is 29.1 Å². The summed E-state index contributed by atoms with van der Waals surface area (Å²) in [7, 11) is 0. The first-order chi connectivity index (χ1) is 15.2. The van der Waals surface area contributed by atoms with E-state index < -0.39 is 0 Å². The molecule has 7 nitrogen and oxygen atoms in total. The predicted molar refractivity (Wildman–Crippen MR) is 121 cm³/mol. The average Bonchev–Trinajstić information content (AvgIpc) is 2.80. The van der Waals surface area contributed by atoms with Crippen LogP contribution >= 0.6 is 12.2 Å². The Morgan fingerprint density at radius 1 is 1.06 bits per heavy atom. The number of hydrogen-bond donors (Lipinski definition) is 2. The molecule has 0 unspecified atom stereocenters. The van der Waals surface area contributed by atoms with E-state index in [4.69, 9.17) is 21.7 Å². The summed E-state index contributed by atoms with van der Waals surface area (Å²) in [5, 5.41) is 6.45. The Labute approximate surface area is 185 Å². The van der Waals surface area contributed by atoms with Crippen molar-refractivity contribution in [1.82, 2.24) is 15.3 Å². The van der Waals surface area contributed by atoms with Crippen molar-refractivity contribution < 1.29 is 13.9 Å². The number of anilines is 2. The lowest BCUT2D eigenvalue weighted by molar-refractivity contribution is 0.122. The molecule has 31 heavy (non-hydrogen) atoms. The maximum absolute atomic E-state index is 13.1. The molecular formula is C22H22FN5O2S. The van der Waals surface area contributed by atoms with Crippen molar-refractivity contribution in [2.45, 2.75) is 6.54 Å². The highest BCUT2D eigenvalue weighted by molar-refractivity contribution is 7.80. The summed E-state index contributed by atoms with van der Waals surface area (Å²) in [5.41, 5.74) is 0.904. The van der Waals surface area contributed by atoms with Crippen molar-refractivity contribution in [1.29, 1.82) is 0 Å². The van der Waals surface area contributed by atoms with Gasteiger partial charge in [0, 0.05) is 25.7 Å². The van der Waals surface area contributed by atoms with Crippen LogP contribution in [0.25, 0.3) is 0 Å². The fraction of sp³-hybridized carbons (Fsp3) is 0.227. The molecule has 2 heterocycles. The highest BCUT2D eigenvalue weighted by atomic mass is 32.1. The predicted octanol–water partition coefficient (Wildman–Crippen LogP) is 3.73. The fourth-order valence-corrected chi connectivity index (χ4v) is 3.18. The van der Waals surface area contributed by atoms with Gasteiger partial charge in [0.1, 0.15) is 17.4 Å². The molecule has 0 bridgehead atoms. The van der Waals surface area contributed by atoms with Crippen LogP contribution in [0.1, 0.15) is 5.56 Å². The Morgan fingerprint density at radius 3 is 2.55 bits per heavy atom. The van der Waals surface area contributed by atoms with Crippen LogP contribution in [-0.4, -0.2) is 41.4 Å². The average molecular weight is 440 g/mol. The van der Waals surface area contributed by atoms with Gasteiger partial charge >= 0.3 is 0 Å². The smallest absolute Gasteiger partial charge is 0.234 e. The van der Waals surface area contributed by atoms with Crippen LogP contribution in [-0.2, 0) is 11.3 Å². The van der Waals surface area contributed by atoms with E-state index in [-0.39, 0.29) is 5.82 Å². The summed E-state index contributed by atoms with van der Waals surface area (Å²) >= 11 is 5.38. The Morgan fingerprint density at radius 2 is 1.81 bits per heavy atom. The second-order valence-corrected chi connectivity index (χ2v) is 7.24. The normalized spacial score (nSPS) is 13.5. The first kappa shape index (κ1) is 21.0. The molecule has 0 atom stereocenters. The minimum Gasteiger partial charge on any atom is -0.439 e. The SMILES string of the molecule is Fc1ccc(CNC(=S)Nc2nc(Oc3ccccc3)cc(N3CCOCC3)n2)cc1. The molecule has 0 aliphatic carbocycles. The van der Waals surface area contributed by atoms with Gasteiger partial charge < -0.3 is 25.0 Å². The second kappa shape index (κ2) is 10.1. The molecule has 0 spiro atoms. The number of aromatic nitrogens is 2. The van der Waals surface area contributed by atoms with E-state index in [1.54, 1.807) is 18.2 Å². The summed E-state index contributed by atoms with van der Waals surface area (Å²) in [6, 6.07) is 17.5. The molecule has 2 aromatic carbocycles. The van der Waals surface area contributed by atoms with Gasteiger partial charge in [0.2, 0.25) is 11.8 Å². The minimum atomic E-state index is -0.274. The van der Waals surface area contributed by atoms with Gasteiger partial charge in [-0.3, -0.25) is 0 Å². The summed E-state index contributed by atoms with van der Waals surface area (Å²) in [4.78, 5) is 11.2. The molecule has 160 valence electrons. The number of para-hydroxylation sites is 1. The highest BCUT2D eigenvalue weighted by Crippen LogP contribution is 2.25. The molecule has 0 saturated carbocycles. The van der Waals surface area contributed by atoms with Crippen molar-refractivity contribution in [3.05, 3.63) is 72.0 Å². The van der Waals surface area contributed by atoms with Gasteiger partial charge in [-0.25, -0.2) is 4.39 Å². The van der Waals surface area contributed by atoms with E-state index in [1.807, 2.05) is 30.3 Å². The van der Waals surface area contributed by atoms with Crippen molar-refractivity contribution in [2.75, 3.05) is 36.5 Å². The first-order valence-corrected chi connectivity index (χ1v) is 10.3. The number of thiocarbonyl (C=S) groups is 1. The molecular weight excluding hydrogens is 417 g/mol. The van der Waals surface area contributed by atoms with Crippen molar-refractivity contribution in [3.8, 4) is 11.6 Å². The number of nitrogens with one attached hydrogen (secondary N) is 2. The van der Waals surface area contributed by atoms with E-state index in [0.717, 1.165) is 24.5 Å². The summed E-state index contributed by atoms with van der Waals surface area (Å²) in [6.07, 6.45) is 0. The van der Waals surface area contributed by atoms with Crippen LogP contribution in [0.15, 0.2) is 60.7 Å². The number of nitrogens with zero attached hydrogens (tertiary/aromatic N) is 3. The lowest BCUT2D eigenvalue weighted by atomic mass is 10.2. The molecule has 0 radical (unpaired) electrons. The lowest BCUT2D eigenvalue weighted by Gasteiger charge is -2.28. The molecule has 1 aromatic heterocycles. The molecule has 3 aromatic rings. The van der Waals surface area contributed by atoms with Gasteiger partial charge in [0.05, 0.1) is 13.2 Å². The second-order valence-electron chi connectivity index (χ2n) is 6.84. The largest absolute Gasteiger partial charge is 0.439 e. The monoisotopic (exact) mass is 439 g/mol. The summed E-state index contributed by atoms with van der Waals surface area (Å²) in [5.74, 6) is 1.87. The summed E-state index contributed by atoms with van der Waals surface area (Å²) < 4.78 is 24.4. The molecule has 0 amide bonds. The maximum Gasteiger partial charge on any atom is 0.234 e. The Bertz CT molecular complexity index is 1010. The Balaban J connectivity index is 1.48. The zero-order valence-corrected chi connectivity index (χ0v) is 17.6. The minimum absolute atomic E-state index is 0.274. The van der Waals surface area contributed by atoms with Gasteiger partial charge in [-0.1, -0.05) is 30.3 Å². The van der Waals surface area contributed by atoms with Gasteiger partial charge in [0.15, 0.2) is 5.11 Å². The van der Waals surface area contributed by atoms with Gasteiger partial charge in [0.25, 0.3) is 0 Å². The molecule has 1 aliphatic rings. The van der Waals surface area contributed by atoms with E-state index in [0.29, 0.717) is 42.4 Å². The number of benzene rings is 2. The topological polar surface area (TPSA) is 71.5 Å². The van der Waals surface area contributed by atoms with Crippen LogP contribution < -0.4 is 20.3 Å². The van der Waals surface area contributed by atoms with Gasteiger partial charge in [-0.15, -0.1) is 0 Å². The van der Waals surface area contributed by atoms with E-state index in [9.17, 15) is 4.39 Å². The number of rotatable bonds is 6. The van der Waals surface area contributed by atoms with Crippen LogP contribution in [0.2, 0.25) is 0 Å². The lowest BCUT2D eigenvalue weighted by Crippen LogP contribution is -2.37. The zero-order valence-electron chi connectivity index (χ0n) is 16.8. The summed E-state index contributed by atoms with van der Waals surface area (Å²) in [6.45, 7) is 3.18. The number of hydrogen-bond acceptors (Lipinski definition) is 6. The van der Waals surface area contributed by atoms with Gasteiger partial charge in [-0.05, 0) is 42.0 Å². The molecule has 1 fully saturated rings. The highest BCUT2D eigenvalue weighted by Gasteiger charge is 2.16. The van der Waals surface area contributed by atoms with Crippen molar-refractivity contribution in [3.63, 3.8) is 0 Å². The third-order valence-corrected chi connectivity index (χ3v) is 4.83. The van der Waals surface area contributed by atoms with Crippen LogP contribution in [0, 0.1) is 5.82 Å². The molecule has 4 rings (SSSR count). The van der Waals surface area contributed by atoms with E-state index in [1.165, 1.54) is 12.1 Å². The van der Waals surface area contributed by atoms with Crippen molar-refractivity contribution in [2.24, 2.45) is 0 Å². The zero-order chi connectivity index (χ0) is 21.5. The van der Waals surface area contributed by atoms with Crippen LogP contribution in [0.3, 0.4) is 0 Å². The Hall–Kier alpha value is -3.30. The number of halogens is 1. The molecule has 2 N–H and O–H groups in total. The van der Waals surface area contributed by atoms with Gasteiger partial charge in [-0.2, -0.15) is 9.97 Å². The number of ether oxygens (including phenoxy) is 2. The molecule has 9 heteroatoms. The van der Waals surface area contributed by atoms with Crippen LogP contribution in [0.5, 0.6) is 11.6 Å². The Kier molecular flexibility index (Phi) is 6.85. The third kappa shape index (κ3) is 6.09. The fourth-order valence-electron chi connectivity index (χ4n) is 3.02. The number of morpholine rings is 1. The van der Waals surface area contributed by atoms with Crippen LogP contribution in [0.4, 0.5) is 16.2 Å². The van der Waals surface area contributed by atoms with E-state index >= 15 is 0 Å². The quantitative estimate of drug-likeness (QED) is 0.563.